The Labute approximate surface area is 154 Å². The van der Waals surface area contributed by atoms with Crippen molar-refractivity contribution in [3.63, 3.8) is 0 Å². The predicted octanol–water partition coefficient (Wildman–Crippen LogP) is 2.86. The first-order valence-electron chi connectivity index (χ1n) is 9.13. The largest absolute Gasteiger partial charge is 0.469 e. The van der Waals surface area contributed by atoms with Gasteiger partial charge in [0.25, 0.3) is 0 Å². The summed E-state index contributed by atoms with van der Waals surface area (Å²) in [6.45, 7) is 6.28. The van der Waals surface area contributed by atoms with Crippen LogP contribution in [0.2, 0.25) is 0 Å². The first-order chi connectivity index (χ1) is 12.5. The van der Waals surface area contributed by atoms with E-state index in [1.807, 2.05) is 66.1 Å². The predicted molar refractivity (Wildman–Crippen MR) is 99.7 cm³/mol. The molecule has 1 aromatic carbocycles. The molecule has 2 heterocycles. The van der Waals surface area contributed by atoms with Crippen molar-refractivity contribution in [2.24, 2.45) is 0 Å². The minimum Gasteiger partial charge on any atom is -0.469 e. The molecule has 0 radical (unpaired) electrons. The first kappa shape index (κ1) is 18.2. The number of benzene rings is 1. The summed E-state index contributed by atoms with van der Waals surface area (Å²) in [7, 11) is 0. The van der Waals surface area contributed by atoms with Crippen LogP contribution in [0.15, 0.2) is 53.1 Å². The molecule has 26 heavy (non-hydrogen) atoms. The van der Waals surface area contributed by atoms with E-state index in [-0.39, 0.29) is 11.8 Å². The highest BCUT2D eigenvalue weighted by Gasteiger charge is 2.35. The maximum Gasteiger partial charge on any atom is 0.232 e. The SMILES string of the molecule is CC(C)(C(=O)N1CCN(C(=O)CCc2ccco2)CC1)c1ccccc1. The molecule has 1 aliphatic heterocycles. The van der Waals surface area contributed by atoms with Crippen molar-refractivity contribution in [3.05, 3.63) is 60.1 Å². The Kier molecular flexibility index (Phi) is 5.45. The fraction of sp³-hybridized carbons (Fsp3) is 0.429. The molecule has 0 aliphatic carbocycles. The van der Waals surface area contributed by atoms with Crippen LogP contribution in [0.5, 0.6) is 0 Å². The average Bonchev–Trinajstić information content (AvgIpc) is 3.20. The molecule has 0 unspecified atom stereocenters. The van der Waals surface area contributed by atoms with Gasteiger partial charge in [0.15, 0.2) is 0 Å². The van der Waals surface area contributed by atoms with E-state index in [0.29, 0.717) is 39.0 Å². The summed E-state index contributed by atoms with van der Waals surface area (Å²) >= 11 is 0. The van der Waals surface area contributed by atoms with E-state index in [2.05, 4.69) is 0 Å². The Morgan fingerprint density at radius 2 is 1.62 bits per heavy atom. The van der Waals surface area contributed by atoms with Gasteiger partial charge in [-0.25, -0.2) is 0 Å². The maximum atomic E-state index is 13.0. The van der Waals surface area contributed by atoms with Crippen molar-refractivity contribution in [1.29, 1.82) is 0 Å². The molecule has 0 N–H and O–H groups in total. The maximum absolute atomic E-state index is 13.0. The number of hydrogen-bond donors (Lipinski definition) is 0. The third-order valence-corrected chi connectivity index (χ3v) is 5.12. The van der Waals surface area contributed by atoms with Gasteiger partial charge in [-0.2, -0.15) is 0 Å². The van der Waals surface area contributed by atoms with Gasteiger partial charge in [-0.1, -0.05) is 30.3 Å². The summed E-state index contributed by atoms with van der Waals surface area (Å²) < 4.78 is 5.28. The second-order valence-electron chi connectivity index (χ2n) is 7.24. The second kappa shape index (κ2) is 7.77. The summed E-state index contributed by atoms with van der Waals surface area (Å²) in [6, 6.07) is 13.6. The van der Waals surface area contributed by atoms with E-state index in [1.165, 1.54) is 0 Å². The van der Waals surface area contributed by atoms with E-state index >= 15 is 0 Å². The topological polar surface area (TPSA) is 53.8 Å². The Hall–Kier alpha value is -2.56. The van der Waals surface area contributed by atoms with Gasteiger partial charge in [-0.15, -0.1) is 0 Å². The number of aryl methyl sites for hydroxylation is 1. The van der Waals surface area contributed by atoms with Crippen molar-refractivity contribution in [1.82, 2.24) is 9.80 Å². The van der Waals surface area contributed by atoms with Gasteiger partial charge in [0.05, 0.1) is 11.7 Å². The molecule has 0 bridgehead atoms. The average molecular weight is 354 g/mol. The number of carbonyl (C=O) groups is 2. The lowest BCUT2D eigenvalue weighted by Crippen LogP contribution is -2.54. The van der Waals surface area contributed by atoms with E-state index in [0.717, 1.165) is 11.3 Å². The minimum absolute atomic E-state index is 0.117. The number of piperazine rings is 1. The summed E-state index contributed by atoms with van der Waals surface area (Å²) in [5.74, 6) is 1.07. The molecule has 1 aromatic heterocycles. The number of rotatable bonds is 5. The molecule has 5 heteroatoms. The lowest BCUT2D eigenvalue weighted by atomic mass is 9.83. The summed E-state index contributed by atoms with van der Waals surface area (Å²) in [5.41, 5.74) is 0.453. The minimum atomic E-state index is -0.563. The molecule has 1 aliphatic rings. The molecule has 1 fully saturated rings. The van der Waals surface area contributed by atoms with Gasteiger partial charge >= 0.3 is 0 Å². The van der Waals surface area contributed by atoms with Crippen LogP contribution in [0.3, 0.4) is 0 Å². The van der Waals surface area contributed by atoms with Crippen molar-refractivity contribution in [3.8, 4) is 0 Å². The summed E-state index contributed by atoms with van der Waals surface area (Å²) in [4.78, 5) is 29.1. The summed E-state index contributed by atoms with van der Waals surface area (Å²) in [6.07, 6.45) is 2.68. The highest BCUT2D eigenvalue weighted by Crippen LogP contribution is 2.26. The van der Waals surface area contributed by atoms with Crippen LogP contribution in [0.25, 0.3) is 0 Å². The molecule has 3 rings (SSSR count). The van der Waals surface area contributed by atoms with Crippen LogP contribution in [-0.4, -0.2) is 47.8 Å². The third kappa shape index (κ3) is 3.98. The Bertz CT molecular complexity index is 730. The monoisotopic (exact) mass is 354 g/mol. The zero-order chi connectivity index (χ0) is 18.6. The lowest BCUT2D eigenvalue weighted by molar-refractivity contribution is -0.142. The molecule has 0 saturated carbocycles. The summed E-state index contributed by atoms with van der Waals surface area (Å²) in [5, 5.41) is 0. The van der Waals surface area contributed by atoms with Gasteiger partial charge in [-0.3, -0.25) is 9.59 Å². The Morgan fingerprint density at radius 1 is 0.962 bits per heavy atom. The van der Waals surface area contributed by atoms with Crippen molar-refractivity contribution < 1.29 is 14.0 Å². The van der Waals surface area contributed by atoms with Crippen LogP contribution in [-0.2, 0) is 21.4 Å². The van der Waals surface area contributed by atoms with Crippen LogP contribution in [0.1, 0.15) is 31.6 Å². The first-order valence-corrected chi connectivity index (χ1v) is 9.13. The van der Waals surface area contributed by atoms with Crippen LogP contribution < -0.4 is 0 Å². The van der Waals surface area contributed by atoms with Crippen molar-refractivity contribution >= 4 is 11.8 Å². The van der Waals surface area contributed by atoms with Gasteiger partial charge in [0.1, 0.15) is 5.76 Å². The van der Waals surface area contributed by atoms with Gasteiger partial charge in [-0.05, 0) is 31.5 Å². The number of carbonyl (C=O) groups excluding carboxylic acids is 2. The zero-order valence-corrected chi connectivity index (χ0v) is 15.5. The molecule has 1 saturated heterocycles. The van der Waals surface area contributed by atoms with E-state index in [9.17, 15) is 9.59 Å². The van der Waals surface area contributed by atoms with Gasteiger partial charge in [0.2, 0.25) is 11.8 Å². The van der Waals surface area contributed by atoms with Crippen molar-refractivity contribution in [2.45, 2.75) is 32.1 Å². The quantitative estimate of drug-likeness (QED) is 0.830. The van der Waals surface area contributed by atoms with E-state index in [4.69, 9.17) is 4.42 Å². The number of nitrogens with zero attached hydrogens (tertiary/aromatic N) is 2. The van der Waals surface area contributed by atoms with E-state index < -0.39 is 5.41 Å². The molecule has 0 atom stereocenters. The van der Waals surface area contributed by atoms with Gasteiger partial charge < -0.3 is 14.2 Å². The van der Waals surface area contributed by atoms with Crippen LogP contribution in [0.4, 0.5) is 0 Å². The molecular formula is C21H26N2O3. The third-order valence-electron chi connectivity index (χ3n) is 5.12. The lowest BCUT2D eigenvalue weighted by Gasteiger charge is -2.38. The fourth-order valence-corrected chi connectivity index (χ4v) is 3.38. The van der Waals surface area contributed by atoms with Crippen LogP contribution in [0, 0.1) is 0 Å². The standard InChI is InChI=1S/C21H26N2O3/c1-21(2,17-7-4-3-5-8-17)20(25)23-14-12-22(13-15-23)19(24)11-10-18-9-6-16-26-18/h3-9,16H,10-15H2,1-2H3. The highest BCUT2D eigenvalue weighted by molar-refractivity contribution is 5.87. The van der Waals surface area contributed by atoms with Crippen molar-refractivity contribution in [2.75, 3.05) is 26.2 Å². The fourth-order valence-electron chi connectivity index (χ4n) is 3.38. The molecule has 2 aromatic rings. The molecule has 5 nitrogen and oxygen atoms in total. The zero-order valence-electron chi connectivity index (χ0n) is 15.5. The second-order valence-corrected chi connectivity index (χ2v) is 7.24. The van der Waals surface area contributed by atoms with Crippen LogP contribution >= 0.6 is 0 Å². The number of amides is 2. The molecular weight excluding hydrogens is 328 g/mol. The normalized spacial score (nSPS) is 15.2. The molecule has 2 amide bonds. The number of furan rings is 1. The highest BCUT2D eigenvalue weighted by atomic mass is 16.3. The number of hydrogen-bond acceptors (Lipinski definition) is 3. The van der Waals surface area contributed by atoms with E-state index in [1.54, 1.807) is 6.26 Å². The Balaban J connectivity index is 1.53. The molecule has 0 spiro atoms. The Morgan fingerprint density at radius 3 is 2.23 bits per heavy atom. The molecule has 138 valence electrons. The smallest absolute Gasteiger partial charge is 0.232 e. The van der Waals surface area contributed by atoms with Gasteiger partial charge in [0, 0.05) is 39.0 Å².